The summed E-state index contributed by atoms with van der Waals surface area (Å²) in [5.41, 5.74) is 1.56. The fourth-order valence-electron chi connectivity index (χ4n) is 2.91. The lowest BCUT2D eigenvalue weighted by molar-refractivity contribution is 0.0641. The molecule has 3 aromatic heterocycles. The zero-order chi connectivity index (χ0) is 16.4. The lowest BCUT2D eigenvalue weighted by Gasteiger charge is -2.24. The van der Waals surface area contributed by atoms with Crippen molar-refractivity contribution in [3.8, 4) is 5.88 Å². The molecule has 0 fully saturated rings. The number of nitrogens with one attached hydrogen (secondary N) is 1. The van der Waals surface area contributed by atoms with Crippen molar-refractivity contribution in [3.05, 3.63) is 66.6 Å². The Bertz CT molecular complexity index is 813. The predicted molar refractivity (Wildman–Crippen MR) is 86.4 cm³/mol. The summed E-state index contributed by atoms with van der Waals surface area (Å²) in [4.78, 5) is 25.5. The number of H-pyrrole nitrogens is 1. The highest BCUT2D eigenvalue weighted by molar-refractivity contribution is 5.92. The second-order valence-corrected chi connectivity index (χ2v) is 5.71. The Kier molecular flexibility index (Phi) is 3.74. The summed E-state index contributed by atoms with van der Waals surface area (Å²) in [5.74, 6) is 0.476. The number of nitrogens with zero attached hydrogens (tertiary/aromatic N) is 4. The molecule has 3 aromatic rings. The summed E-state index contributed by atoms with van der Waals surface area (Å²) in [6.45, 7) is 1.69. The van der Waals surface area contributed by atoms with E-state index < -0.39 is 0 Å². The topological polar surface area (TPSA) is 76.0 Å². The largest absolute Gasteiger partial charge is 0.471 e. The maximum absolute atomic E-state index is 12.7. The van der Waals surface area contributed by atoms with Gasteiger partial charge in [-0.15, -0.1) is 0 Å². The van der Waals surface area contributed by atoms with Gasteiger partial charge in [0.1, 0.15) is 11.8 Å². The van der Waals surface area contributed by atoms with Crippen LogP contribution in [0.4, 0.5) is 0 Å². The van der Waals surface area contributed by atoms with Gasteiger partial charge in [-0.3, -0.25) is 4.79 Å². The van der Waals surface area contributed by atoms with Gasteiger partial charge in [-0.1, -0.05) is 6.07 Å². The van der Waals surface area contributed by atoms with Crippen LogP contribution in [0.3, 0.4) is 0 Å². The first-order valence-corrected chi connectivity index (χ1v) is 7.79. The highest BCUT2D eigenvalue weighted by Crippen LogP contribution is 2.18. The normalized spacial score (nSPS) is 17.2. The summed E-state index contributed by atoms with van der Waals surface area (Å²) in [6, 6.07) is 9.56. The van der Waals surface area contributed by atoms with Gasteiger partial charge in [-0.05, 0) is 18.2 Å². The maximum atomic E-state index is 12.7. The van der Waals surface area contributed by atoms with E-state index in [1.165, 1.54) is 6.33 Å². The van der Waals surface area contributed by atoms with Crippen LogP contribution in [0.2, 0.25) is 0 Å². The lowest BCUT2D eigenvalue weighted by atomic mass is 10.3. The smallest absolute Gasteiger partial charge is 0.272 e. The van der Waals surface area contributed by atoms with Crippen LogP contribution in [0, 0.1) is 0 Å². The fraction of sp³-hybridized carbons (Fsp3) is 0.235. The second kappa shape index (κ2) is 6.19. The number of rotatable bonds is 3. The Morgan fingerprint density at radius 2 is 2.21 bits per heavy atom. The first-order valence-electron chi connectivity index (χ1n) is 7.79. The molecule has 7 heteroatoms. The molecule has 0 unspecified atom stereocenters. The number of fused-ring (bicyclic) bond motifs is 1. The number of carbonyl (C=O) groups excluding carboxylic acids is 1. The third-order valence-electron chi connectivity index (χ3n) is 4.04. The van der Waals surface area contributed by atoms with Crippen LogP contribution in [-0.2, 0) is 13.1 Å². The molecule has 4 heterocycles. The van der Waals surface area contributed by atoms with Crippen molar-refractivity contribution in [3.63, 3.8) is 0 Å². The minimum atomic E-state index is -0.180. The molecule has 7 nitrogen and oxygen atoms in total. The van der Waals surface area contributed by atoms with Gasteiger partial charge < -0.3 is 19.2 Å². The Morgan fingerprint density at radius 3 is 3.00 bits per heavy atom. The fourth-order valence-corrected chi connectivity index (χ4v) is 2.91. The van der Waals surface area contributed by atoms with Crippen molar-refractivity contribution in [2.45, 2.75) is 19.2 Å². The molecular weight excluding hydrogens is 306 g/mol. The summed E-state index contributed by atoms with van der Waals surface area (Å²) in [5, 5.41) is 0. The molecule has 0 radical (unpaired) electrons. The molecule has 1 amide bonds. The number of amides is 1. The number of hydrogen-bond acceptors (Lipinski definition) is 4. The number of imidazole rings is 1. The number of aromatic amines is 1. The molecule has 0 spiro atoms. The van der Waals surface area contributed by atoms with E-state index in [0.29, 0.717) is 31.2 Å². The highest BCUT2D eigenvalue weighted by Gasteiger charge is 2.27. The van der Waals surface area contributed by atoms with E-state index in [1.807, 2.05) is 36.5 Å². The summed E-state index contributed by atoms with van der Waals surface area (Å²) < 4.78 is 8.13. The van der Waals surface area contributed by atoms with Gasteiger partial charge in [0.25, 0.3) is 5.91 Å². The van der Waals surface area contributed by atoms with Crippen LogP contribution in [0.5, 0.6) is 5.88 Å². The molecule has 24 heavy (non-hydrogen) atoms. The second-order valence-electron chi connectivity index (χ2n) is 5.71. The van der Waals surface area contributed by atoms with Gasteiger partial charge in [-0.2, -0.15) is 0 Å². The van der Waals surface area contributed by atoms with Crippen LogP contribution in [0.1, 0.15) is 16.2 Å². The molecule has 0 saturated carbocycles. The Morgan fingerprint density at radius 1 is 1.25 bits per heavy atom. The van der Waals surface area contributed by atoms with Crippen molar-refractivity contribution in [1.29, 1.82) is 0 Å². The van der Waals surface area contributed by atoms with E-state index in [9.17, 15) is 4.79 Å². The average molecular weight is 323 g/mol. The Balaban J connectivity index is 1.60. The molecule has 0 saturated heterocycles. The lowest BCUT2D eigenvalue weighted by Crippen LogP contribution is -2.38. The van der Waals surface area contributed by atoms with Crippen LogP contribution < -0.4 is 4.74 Å². The van der Waals surface area contributed by atoms with Crippen LogP contribution in [0.25, 0.3) is 0 Å². The minimum absolute atomic E-state index is 0.0863. The van der Waals surface area contributed by atoms with Gasteiger partial charge >= 0.3 is 0 Å². The summed E-state index contributed by atoms with van der Waals surface area (Å²) in [6.07, 6.45) is 6.58. The van der Waals surface area contributed by atoms with Crippen molar-refractivity contribution in [2.75, 3.05) is 6.54 Å². The molecule has 122 valence electrons. The van der Waals surface area contributed by atoms with Gasteiger partial charge in [-0.25, -0.2) is 9.97 Å². The maximum Gasteiger partial charge on any atom is 0.272 e. The van der Waals surface area contributed by atoms with Crippen LogP contribution in [0.15, 0.2) is 55.2 Å². The van der Waals surface area contributed by atoms with E-state index >= 15 is 0 Å². The molecule has 1 atom stereocenters. The Hall–Kier alpha value is -3.09. The van der Waals surface area contributed by atoms with Crippen molar-refractivity contribution in [2.24, 2.45) is 0 Å². The average Bonchev–Trinajstić information content (AvgIpc) is 3.24. The summed E-state index contributed by atoms with van der Waals surface area (Å²) >= 11 is 0. The van der Waals surface area contributed by atoms with Crippen LogP contribution >= 0.6 is 0 Å². The van der Waals surface area contributed by atoms with Gasteiger partial charge in [0.15, 0.2) is 0 Å². The summed E-state index contributed by atoms with van der Waals surface area (Å²) in [7, 11) is 0. The van der Waals surface area contributed by atoms with Gasteiger partial charge in [0.05, 0.1) is 32.2 Å². The number of hydrogen-bond donors (Lipinski definition) is 1. The van der Waals surface area contributed by atoms with E-state index in [1.54, 1.807) is 17.3 Å². The molecule has 0 aromatic carbocycles. The van der Waals surface area contributed by atoms with E-state index in [0.717, 1.165) is 5.69 Å². The standard InChI is InChI=1S/C17H17N5O2/c23-17(15-8-18-12-20-15)22-9-13-4-3-7-21(13)10-14(11-22)24-16-5-1-2-6-19-16/h1-8,12,14H,9-11H2,(H,18,20)/t14-/m1/s1. The van der Waals surface area contributed by atoms with Gasteiger partial charge in [0.2, 0.25) is 5.88 Å². The molecule has 0 bridgehead atoms. The van der Waals surface area contributed by atoms with Crippen molar-refractivity contribution in [1.82, 2.24) is 24.4 Å². The van der Waals surface area contributed by atoms with E-state index in [-0.39, 0.29) is 12.0 Å². The molecule has 1 aliphatic rings. The molecule has 4 rings (SSSR count). The van der Waals surface area contributed by atoms with Crippen LogP contribution in [-0.4, -0.2) is 43.0 Å². The zero-order valence-electron chi connectivity index (χ0n) is 13.0. The van der Waals surface area contributed by atoms with Gasteiger partial charge in [0, 0.05) is 24.2 Å². The van der Waals surface area contributed by atoms with Crippen molar-refractivity contribution >= 4 is 5.91 Å². The minimum Gasteiger partial charge on any atom is -0.471 e. The number of pyridine rings is 1. The third-order valence-corrected chi connectivity index (χ3v) is 4.04. The molecular formula is C17H17N5O2. The number of ether oxygens (including phenoxy) is 1. The SMILES string of the molecule is O=C(c1cnc[nH]1)N1Cc2cccn2C[C@@H](Oc2ccccn2)C1. The molecule has 0 aliphatic carbocycles. The first kappa shape index (κ1) is 14.5. The first-order chi connectivity index (χ1) is 11.8. The van der Waals surface area contributed by atoms with E-state index in [2.05, 4.69) is 19.5 Å². The molecule has 1 aliphatic heterocycles. The van der Waals surface area contributed by atoms with Crippen molar-refractivity contribution < 1.29 is 9.53 Å². The zero-order valence-corrected chi connectivity index (χ0v) is 13.0. The molecule has 1 N–H and O–H groups in total. The number of carbonyl (C=O) groups is 1. The third kappa shape index (κ3) is 2.88. The van der Waals surface area contributed by atoms with E-state index in [4.69, 9.17) is 4.74 Å². The predicted octanol–water partition coefficient (Wildman–Crippen LogP) is 1.71. The monoisotopic (exact) mass is 323 g/mol. The highest BCUT2D eigenvalue weighted by atomic mass is 16.5. The quantitative estimate of drug-likeness (QED) is 0.796. The number of aromatic nitrogens is 4. The Labute approximate surface area is 138 Å².